The van der Waals surface area contributed by atoms with Crippen molar-refractivity contribution in [3.05, 3.63) is 42.6 Å². The maximum absolute atomic E-state index is 12.4. The molecule has 1 fully saturated rings. The van der Waals surface area contributed by atoms with Crippen LogP contribution in [0.2, 0.25) is 0 Å². The molecule has 1 saturated heterocycles. The minimum absolute atomic E-state index is 0.198. The lowest BCUT2D eigenvalue weighted by Crippen LogP contribution is -2.44. The highest BCUT2D eigenvalue weighted by Gasteiger charge is 2.28. The average molecular weight is 366 g/mol. The number of carboxylic acids is 1. The van der Waals surface area contributed by atoms with Crippen molar-refractivity contribution in [2.75, 3.05) is 18.4 Å². The summed E-state index contributed by atoms with van der Waals surface area (Å²) in [5.41, 5.74) is 1.71. The number of urea groups is 1. The van der Waals surface area contributed by atoms with Crippen molar-refractivity contribution in [1.29, 1.82) is 0 Å². The maximum Gasteiger partial charge on any atom is 0.323 e. The predicted octanol–water partition coefficient (Wildman–Crippen LogP) is 3.22. The first-order chi connectivity index (χ1) is 13.1. The number of benzene rings is 1. The fraction of sp³-hybridized carbons (Fsp3) is 0.263. The van der Waals surface area contributed by atoms with Crippen molar-refractivity contribution >= 4 is 28.7 Å². The Balaban J connectivity index is 1.47. The lowest BCUT2D eigenvalue weighted by atomic mass is 9.99. The van der Waals surface area contributed by atoms with Gasteiger partial charge in [0.25, 0.3) is 0 Å². The fourth-order valence-electron chi connectivity index (χ4n) is 3.25. The lowest BCUT2D eigenvalue weighted by Gasteiger charge is -2.30. The summed E-state index contributed by atoms with van der Waals surface area (Å²) in [6.45, 7) is 0.724. The van der Waals surface area contributed by atoms with Crippen LogP contribution in [0.4, 0.5) is 10.6 Å². The summed E-state index contributed by atoms with van der Waals surface area (Å²) in [6, 6.07) is 10.8. The Bertz CT molecular complexity index is 1000. The highest BCUT2D eigenvalue weighted by Crippen LogP contribution is 2.26. The number of carbonyl (C=O) groups excluding carboxylic acids is 1. The summed E-state index contributed by atoms with van der Waals surface area (Å²) in [7, 11) is 0. The molecule has 1 atom stereocenters. The van der Waals surface area contributed by atoms with Crippen molar-refractivity contribution in [2.45, 2.75) is 12.8 Å². The number of amides is 2. The normalized spacial score (nSPS) is 17.0. The molecule has 0 bridgehead atoms. The van der Waals surface area contributed by atoms with Gasteiger partial charge in [0.15, 0.2) is 11.6 Å². The van der Waals surface area contributed by atoms with Gasteiger partial charge in [-0.25, -0.2) is 4.79 Å². The van der Waals surface area contributed by atoms with Gasteiger partial charge in [-0.3, -0.25) is 15.1 Å². The van der Waals surface area contributed by atoms with Crippen LogP contribution in [-0.2, 0) is 4.79 Å². The van der Waals surface area contributed by atoms with E-state index < -0.39 is 11.9 Å². The van der Waals surface area contributed by atoms with E-state index in [1.165, 1.54) is 4.90 Å². The topological polar surface area (TPSA) is 109 Å². The minimum Gasteiger partial charge on any atom is -0.481 e. The van der Waals surface area contributed by atoms with Crippen molar-refractivity contribution in [3.8, 4) is 11.3 Å². The molecule has 0 saturated carbocycles. The number of piperidine rings is 1. The van der Waals surface area contributed by atoms with Crippen LogP contribution in [-0.4, -0.2) is 45.2 Å². The molecule has 2 amide bonds. The fourth-order valence-corrected chi connectivity index (χ4v) is 3.25. The van der Waals surface area contributed by atoms with Gasteiger partial charge in [0.2, 0.25) is 0 Å². The van der Waals surface area contributed by atoms with Crippen molar-refractivity contribution in [1.82, 2.24) is 15.0 Å². The maximum atomic E-state index is 12.4. The van der Waals surface area contributed by atoms with Gasteiger partial charge in [-0.1, -0.05) is 11.2 Å². The van der Waals surface area contributed by atoms with Crippen LogP contribution >= 0.6 is 0 Å². The Hall–Kier alpha value is -3.42. The van der Waals surface area contributed by atoms with Crippen LogP contribution in [0, 0.1) is 5.92 Å². The number of anilines is 1. The second-order valence-electron chi connectivity index (χ2n) is 6.54. The second kappa shape index (κ2) is 7.06. The smallest absolute Gasteiger partial charge is 0.323 e. The summed E-state index contributed by atoms with van der Waals surface area (Å²) < 4.78 is 5.35. The molecule has 4 rings (SSSR count). The largest absolute Gasteiger partial charge is 0.481 e. The third kappa shape index (κ3) is 3.59. The number of likely N-dealkylation sites (tertiary alicyclic amines) is 1. The van der Waals surface area contributed by atoms with Crippen LogP contribution in [0.3, 0.4) is 0 Å². The SMILES string of the molecule is O=C(O)C1CCCN(C(=O)Nc2cc(-c3ccc4ncccc4c3)on2)C1. The quantitative estimate of drug-likeness (QED) is 0.737. The van der Waals surface area contributed by atoms with Gasteiger partial charge in [0.05, 0.1) is 11.4 Å². The van der Waals surface area contributed by atoms with Crippen LogP contribution in [0.25, 0.3) is 22.2 Å². The summed E-state index contributed by atoms with van der Waals surface area (Å²) in [5.74, 6) is -0.581. The number of hydrogen-bond donors (Lipinski definition) is 2. The molecular weight excluding hydrogens is 348 g/mol. The van der Waals surface area contributed by atoms with E-state index in [2.05, 4.69) is 15.5 Å². The van der Waals surface area contributed by atoms with Crippen LogP contribution in [0.1, 0.15) is 12.8 Å². The molecule has 0 aliphatic carbocycles. The number of pyridine rings is 1. The standard InChI is InChI=1S/C19H18N4O4/c24-18(25)14-4-2-8-23(11-14)19(26)21-17-10-16(27-22-17)13-5-6-15-12(9-13)3-1-7-20-15/h1,3,5-7,9-10,14H,2,4,8,11H2,(H,24,25)(H,21,22,26). The van der Waals surface area contributed by atoms with Gasteiger partial charge in [0.1, 0.15) is 0 Å². The molecular formula is C19H18N4O4. The number of carboxylic acid groups (broad SMARTS) is 1. The first-order valence-electron chi connectivity index (χ1n) is 8.71. The van der Waals surface area contributed by atoms with Crippen molar-refractivity contribution in [2.24, 2.45) is 5.92 Å². The number of fused-ring (bicyclic) bond motifs is 1. The Morgan fingerprint density at radius 3 is 3.00 bits per heavy atom. The summed E-state index contributed by atoms with van der Waals surface area (Å²) in [4.78, 5) is 29.3. The van der Waals surface area contributed by atoms with E-state index >= 15 is 0 Å². The number of aliphatic carboxylic acids is 1. The van der Waals surface area contributed by atoms with Gasteiger partial charge < -0.3 is 14.5 Å². The molecule has 1 aliphatic heterocycles. The molecule has 1 aliphatic rings. The van der Waals surface area contributed by atoms with E-state index in [1.807, 2.05) is 30.3 Å². The molecule has 3 aromatic rings. The van der Waals surface area contributed by atoms with E-state index in [4.69, 9.17) is 9.63 Å². The Morgan fingerprint density at radius 1 is 1.26 bits per heavy atom. The molecule has 1 unspecified atom stereocenters. The minimum atomic E-state index is -0.873. The van der Waals surface area contributed by atoms with Gasteiger partial charge in [-0.2, -0.15) is 0 Å². The lowest BCUT2D eigenvalue weighted by molar-refractivity contribution is -0.143. The first-order valence-corrected chi connectivity index (χ1v) is 8.71. The van der Waals surface area contributed by atoms with Crippen LogP contribution < -0.4 is 5.32 Å². The van der Waals surface area contributed by atoms with E-state index in [0.717, 1.165) is 16.5 Å². The molecule has 8 nitrogen and oxygen atoms in total. The number of carbonyl (C=O) groups is 2. The van der Waals surface area contributed by atoms with E-state index in [-0.39, 0.29) is 12.6 Å². The summed E-state index contributed by atoms with van der Waals surface area (Å²) >= 11 is 0. The molecule has 1 aromatic carbocycles. The van der Waals surface area contributed by atoms with Gasteiger partial charge in [-0.15, -0.1) is 0 Å². The molecule has 8 heteroatoms. The Labute approximate surface area is 154 Å². The number of nitrogens with zero attached hydrogens (tertiary/aromatic N) is 3. The van der Waals surface area contributed by atoms with Gasteiger partial charge >= 0.3 is 12.0 Å². The average Bonchev–Trinajstić information content (AvgIpc) is 3.16. The molecule has 0 spiro atoms. The van der Waals surface area contributed by atoms with E-state index in [9.17, 15) is 9.59 Å². The monoisotopic (exact) mass is 366 g/mol. The van der Waals surface area contributed by atoms with Crippen molar-refractivity contribution < 1.29 is 19.2 Å². The zero-order chi connectivity index (χ0) is 18.8. The number of aromatic nitrogens is 2. The van der Waals surface area contributed by atoms with Gasteiger partial charge in [0, 0.05) is 36.3 Å². The molecule has 138 valence electrons. The molecule has 0 radical (unpaired) electrons. The molecule has 2 N–H and O–H groups in total. The van der Waals surface area contributed by atoms with E-state index in [0.29, 0.717) is 31.0 Å². The second-order valence-corrected chi connectivity index (χ2v) is 6.54. The molecule has 2 aromatic heterocycles. The highest BCUT2D eigenvalue weighted by molar-refractivity contribution is 5.90. The Kier molecular flexibility index (Phi) is 4.45. The van der Waals surface area contributed by atoms with Crippen molar-refractivity contribution in [3.63, 3.8) is 0 Å². The highest BCUT2D eigenvalue weighted by atomic mass is 16.5. The third-order valence-corrected chi connectivity index (χ3v) is 4.69. The third-order valence-electron chi connectivity index (χ3n) is 4.69. The number of rotatable bonds is 3. The number of hydrogen-bond acceptors (Lipinski definition) is 5. The zero-order valence-corrected chi connectivity index (χ0v) is 14.5. The summed E-state index contributed by atoms with van der Waals surface area (Å²) in [6.07, 6.45) is 2.99. The van der Waals surface area contributed by atoms with Crippen LogP contribution in [0.5, 0.6) is 0 Å². The zero-order valence-electron chi connectivity index (χ0n) is 14.5. The van der Waals surface area contributed by atoms with E-state index in [1.54, 1.807) is 12.3 Å². The first kappa shape index (κ1) is 17.0. The molecule has 27 heavy (non-hydrogen) atoms. The predicted molar refractivity (Wildman–Crippen MR) is 98.2 cm³/mol. The molecule has 3 heterocycles. The Morgan fingerprint density at radius 2 is 2.15 bits per heavy atom. The summed E-state index contributed by atoms with van der Waals surface area (Å²) in [5, 5.41) is 16.7. The van der Waals surface area contributed by atoms with Gasteiger partial charge in [-0.05, 0) is 37.1 Å². The van der Waals surface area contributed by atoms with Crippen LogP contribution in [0.15, 0.2) is 47.1 Å². The number of nitrogens with one attached hydrogen (secondary N) is 1.